The van der Waals surface area contributed by atoms with E-state index >= 15 is 0 Å². The number of likely N-dealkylation sites (tertiary alicyclic amines) is 1. The van der Waals surface area contributed by atoms with Crippen molar-refractivity contribution in [3.63, 3.8) is 0 Å². The molecule has 1 fully saturated rings. The predicted molar refractivity (Wildman–Crippen MR) is 80.5 cm³/mol. The second kappa shape index (κ2) is 7.26. The van der Waals surface area contributed by atoms with Crippen LogP contribution < -0.4 is 11.1 Å². The second-order valence-electron chi connectivity index (χ2n) is 5.30. The molecule has 0 aromatic heterocycles. The van der Waals surface area contributed by atoms with Gasteiger partial charge in [0.25, 0.3) is 0 Å². The fourth-order valence-corrected chi connectivity index (χ4v) is 2.57. The first-order chi connectivity index (χ1) is 9.69. The van der Waals surface area contributed by atoms with Gasteiger partial charge in [0.1, 0.15) is 0 Å². The zero-order chi connectivity index (χ0) is 14.4. The molecule has 110 valence electrons. The zero-order valence-corrected chi connectivity index (χ0v) is 12.0. The van der Waals surface area contributed by atoms with Gasteiger partial charge in [0.15, 0.2) is 0 Å². The van der Waals surface area contributed by atoms with Gasteiger partial charge in [0.2, 0.25) is 5.91 Å². The number of nitrogen functional groups attached to an aromatic ring is 1. The summed E-state index contributed by atoms with van der Waals surface area (Å²) in [4.78, 5) is 14.2. The molecule has 0 spiro atoms. The second-order valence-corrected chi connectivity index (χ2v) is 5.30. The van der Waals surface area contributed by atoms with E-state index in [1.54, 1.807) is 13.2 Å². The number of ether oxygens (including phenoxy) is 1. The Labute approximate surface area is 120 Å². The van der Waals surface area contributed by atoms with Crippen LogP contribution in [0.15, 0.2) is 24.3 Å². The lowest BCUT2D eigenvalue weighted by atomic mass is 10.1. The number of amides is 1. The van der Waals surface area contributed by atoms with E-state index in [4.69, 9.17) is 10.5 Å². The number of rotatable bonds is 6. The van der Waals surface area contributed by atoms with E-state index < -0.39 is 0 Å². The van der Waals surface area contributed by atoms with Crippen LogP contribution in [0.5, 0.6) is 0 Å². The minimum absolute atomic E-state index is 0.0121. The summed E-state index contributed by atoms with van der Waals surface area (Å²) in [5, 5.41) is 2.86. The summed E-state index contributed by atoms with van der Waals surface area (Å²) < 4.78 is 5.17. The van der Waals surface area contributed by atoms with Crippen molar-refractivity contribution in [2.75, 3.05) is 44.4 Å². The molecule has 0 saturated carbocycles. The molecule has 1 saturated heterocycles. The molecule has 0 aliphatic carbocycles. The number of hydrogen-bond donors (Lipinski definition) is 2. The Morgan fingerprint density at radius 3 is 3.05 bits per heavy atom. The Balaban J connectivity index is 1.72. The van der Waals surface area contributed by atoms with Gasteiger partial charge in [0, 0.05) is 26.6 Å². The highest BCUT2D eigenvalue weighted by atomic mass is 16.5. The summed E-state index contributed by atoms with van der Waals surface area (Å²) in [5.74, 6) is 0.617. The molecular weight excluding hydrogens is 254 g/mol. The number of carbonyl (C=O) groups excluding carboxylic acids is 1. The normalized spacial score (nSPS) is 19.1. The molecule has 1 atom stereocenters. The molecule has 5 heteroatoms. The first kappa shape index (κ1) is 14.8. The van der Waals surface area contributed by atoms with Crippen molar-refractivity contribution in [2.45, 2.75) is 12.8 Å². The molecule has 0 radical (unpaired) electrons. The Hall–Kier alpha value is -1.59. The molecule has 1 aromatic carbocycles. The molecule has 20 heavy (non-hydrogen) atoms. The average Bonchev–Trinajstić information content (AvgIpc) is 2.87. The maximum atomic E-state index is 11.9. The lowest BCUT2D eigenvalue weighted by molar-refractivity contribution is -0.116. The molecule has 1 unspecified atom stereocenters. The maximum Gasteiger partial charge on any atom is 0.225 e. The lowest BCUT2D eigenvalue weighted by Crippen LogP contribution is -2.26. The van der Waals surface area contributed by atoms with Crippen LogP contribution in [-0.4, -0.2) is 44.2 Å². The Morgan fingerprint density at radius 1 is 1.50 bits per heavy atom. The van der Waals surface area contributed by atoms with Crippen molar-refractivity contribution in [3.8, 4) is 0 Å². The molecule has 1 amide bonds. The first-order valence-corrected chi connectivity index (χ1v) is 7.04. The summed E-state index contributed by atoms with van der Waals surface area (Å²) in [7, 11) is 1.74. The van der Waals surface area contributed by atoms with Crippen LogP contribution in [0.3, 0.4) is 0 Å². The molecule has 2 rings (SSSR count). The molecule has 3 N–H and O–H groups in total. The Morgan fingerprint density at radius 2 is 2.30 bits per heavy atom. The van der Waals surface area contributed by atoms with Gasteiger partial charge < -0.3 is 20.7 Å². The van der Waals surface area contributed by atoms with Crippen molar-refractivity contribution in [1.82, 2.24) is 4.90 Å². The Bertz CT molecular complexity index is 450. The van der Waals surface area contributed by atoms with E-state index in [2.05, 4.69) is 10.2 Å². The summed E-state index contributed by atoms with van der Waals surface area (Å²) in [6.07, 6.45) is 1.65. The van der Waals surface area contributed by atoms with Crippen molar-refractivity contribution in [2.24, 2.45) is 5.92 Å². The Kier molecular flexibility index (Phi) is 5.38. The van der Waals surface area contributed by atoms with Crippen LogP contribution in [0, 0.1) is 5.92 Å². The fourth-order valence-electron chi connectivity index (χ4n) is 2.57. The van der Waals surface area contributed by atoms with Crippen molar-refractivity contribution in [1.29, 1.82) is 0 Å². The first-order valence-electron chi connectivity index (χ1n) is 7.04. The van der Waals surface area contributed by atoms with Crippen LogP contribution in [0.4, 0.5) is 11.4 Å². The SMILES string of the molecule is COCC1CCN(CCC(=O)Nc2ccccc2N)C1. The summed E-state index contributed by atoms with van der Waals surface area (Å²) >= 11 is 0. The van der Waals surface area contributed by atoms with E-state index in [0.29, 0.717) is 23.7 Å². The van der Waals surface area contributed by atoms with Gasteiger partial charge in [-0.2, -0.15) is 0 Å². The maximum absolute atomic E-state index is 11.9. The molecule has 0 bridgehead atoms. The summed E-state index contributed by atoms with van der Waals surface area (Å²) in [5.41, 5.74) is 7.09. The largest absolute Gasteiger partial charge is 0.397 e. The molecule has 1 aliphatic rings. The van der Waals surface area contributed by atoms with Crippen molar-refractivity contribution < 1.29 is 9.53 Å². The minimum Gasteiger partial charge on any atom is -0.397 e. The average molecular weight is 277 g/mol. The number of hydrogen-bond acceptors (Lipinski definition) is 4. The van der Waals surface area contributed by atoms with E-state index in [-0.39, 0.29) is 5.91 Å². The number of nitrogens with zero attached hydrogens (tertiary/aromatic N) is 1. The number of para-hydroxylation sites is 2. The van der Waals surface area contributed by atoms with Crippen LogP contribution in [0.2, 0.25) is 0 Å². The van der Waals surface area contributed by atoms with Gasteiger partial charge in [-0.15, -0.1) is 0 Å². The van der Waals surface area contributed by atoms with Gasteiger partial charge in [-0.1, -0.05) is 12.1 Å². The van der Waals surface area contributed by atoms with Crippen LogP contribution in [0.25, 0.3) is 0 Å². The van der Waals surface area contributed by atoms with Crippen molar-refractivity contribution >= 4 is 17.3 Å². The predicted octanol–water partition coefficient (Wildman–Crippen LogP) is 1.57. The number of nitrogens with two attached hydrogens (primary N) is 1. The summed E-state index contributed by atoms with van der Waals surface area (Å²) in [6.45, 7) is 3.67. The van der Waals surface area contributed by atoms with E-state index in [1.807, 2.05) is 18.2 Å². The number of nitrogens with one attached hydrogen (secondary N) is 1. The van der Waals surface area contributed by atoms with E-state index in [1.165, 1.54) is 0 Å². The van der Waals surface area contributed by atoms with Crippen LogP contribution in [-0.2, 0) is 9.53 Å². The van der Waals surface area contributed by atoms with Gasteiger partial charge in [-0.25, -0.2) is 0 Å². The quantitative estimate of drug-likeness (QED) is 0.774. The van der Waals surface area contributed by atoms with Gasteiger partial charge in [-0.05, 0) is 31.0 Å². The highest BCUT2D eigenvalue weighted by Gasteiger charge is 2.22. The van der Waals surface area contributed by atoms with Gasteiger partial charge in [-0.3, -0.25) is 4.79 Å². The molecular formula is C15H23N3O2. The third kappa shape index (κ3) is 4.21. The molecule has 5 nitrogen and oxygen atoms in total. The highest BCUT2D eigenvalue weighted by Crippen LogP contribution is 2.18. The van der Waals surface area contributed by atoms with E-state index in [0.717, 1.165) is 32.7 Å². The number of carbonyl (C=O) groups is 1. The number of benzene rings is 1. The molecule has 1 aliphatic heterocycles. The number of methoxy groups -OCH3 is 1. The highest BCUT2D eigenvalue weighted by molar-refractivity contribution is 5.93. The van der Waals surface area contributed by atoms with Gasteiger partial charge in [0.05, 0.1) is 18.0 Å². The smallest absolute Gasteiger partial charge is 0.225 e. The number of anilines is 2. The topological polar surface area (TPSA) is 67.6 Å². The molecule has 1 aromatic rings. The standard InChI is InChI=1S/C15H23N3O2/c1-20-11-12-6-8-18(10-12)9-7-15(19)17-14-5-3-2-4-13(14)16/h2-5,12H,6-11,16H2,1H3,(H,17,19). The third-order valence-corrected chi connectivity index (χ3v) is 3.66. The van der Waals surface area contributed by atoms with Gasteiger partial charge >= 0.3 is 0 Å². The minimum atomic E-state index is 0.0121. The van der Waals surface area contributed by atoms with Crippen LogP contribution >= 0.6 is 0 Å². The van der Waals surface area contributed by atoms with Crippen molar-refractivity contribution in [3.05, 3.63) is 24.3 Å². The van der Waals surface area contributed by atoms with Crippen LogP contribution in [0.1, 0.15) is 12.8 Å². The fraction of sp³-hybridized carbons (Fsp3) is 0.533. The zero-order valence-electron chi connectivity index (χ0n) is 12.0. The molecule has 1 heterocycles. The summed E-state index contributed by atoms with van der Waals surface area (Å²) in [6, 6.07) is 7.32. The monoisotopic (exact) mass is 277 g/mol. The lowest BCUT2D eigenvalue weighted by Gasteiger charge is -2.15. The van der Waals surface area contributed by atoms with E-state index in [9.17, 15) is 4.79 Å². The third-order valence-electron chi connectivity index (χ3n) is 3.66.